The number of anilines is 1. The lowest BCUT2D eigenvalue weighted by atomic mass is 9.88. The minimum absolute atomic E-state index is 0.101. The first-order chi connectivity index (χ1) is 13.8. The number of hydrogen-bond donors (Lipinski definition) is 1. The fraction of sp³-hybridized carbons (Fsp3) is 0.565. The lowest BCUT2D eigenvalue weighted by molar-refractivity contribution is -0.135. The third-order valence-electron chi connectivity index (χ3n) is 5.76. The van der Waals surface area contributed by atoms with Crippen molar-refractivity contribution in [2.75, 3.05) is 11.9 Å². The average Bonchev–Trinajstić information content (AvgIpc) is 2.98. The number of carbonyl (C=O) groups is 1. The Morgan fingerprint density at radius 1 is 1.38 bits per heavy atom. The van der Waals surface area contributed by atoms with Crippen LogP contribution in [0.3, 0.4) is 0 Å². The molecule has 3 rings (SSSR count). The zero-order chi connectivity index (χ0) is 21.0. The van der Waals surface area contributed by atoms with Gasteiger partial charge in [-0.3, -0.25) is 4.79 Å². The van der Waals surface area contributed by atoms with E-state index in [-0.39, 0.29) is 23.8 Å². The number of nitrogens with zero attached hydrogens (tertiary/aromatic N) is 2. The van der Waals surface area contributed by atoms with Crippen LogP contribution in [0.4, 0.5) is 10.1 Å². The van der Waals surface area contributed by atoms with Crippen LogP contribution in [0.15, 0.2) is 28.8 Å². The van der Waals surface area contributed by atoms with Gasteiger partial charge in [-0.05, 0) is 63.6 Å². The normalized spacial score (nSPS) is 19.6. The van der Waals surface area contributed by atoms with Gasteiger partial charge in [0.25, 0.3) is 0 Å². The van der Waals surface area contributed by atoms with Crippen molar-refractivity contribution in [3.05, 3.63) is 47.1 Å². The van der Waals surface area contributed by atoms with Crippen molar-refractivity contribution >= 4 is 11.6 Å². The highest BCUT2D eigenvalue weighted by Crippen LogP contribution is 2.28. The van der Waals surface area contributed by atoms with E-state index >= 15 is 0 Å². The van der Waals surface area contributed by atoms with Crippen molar-refractivity contribution in [2.45, 2.75) is 71.9 Å². The van der Waals surface area contributed by atoms with Crippen LogP contribution < -0.4 is 5.32 Å². The van der Waals surface area contributed by atoms with Crippen molar-refractivity contribution in [1.29, 1.82) is 0 Å². The van der Waals surface area contributed by atoms with E-state index in [2.05, 4.69) is 24.3 Å². The summed E-state index contributed by atoms with van der Waals surface area (Å²) in [6, 6.07) is 6.78. The Morgan fingerprint density at radius 2 is 2.17 bits per heavy atom. The SMILES string of the molecule is Cc1noc(C)c1CCC(=O)N1CCC[C@@H](Nc2cccc(F)c2)[C@H]1CC(C)C. The summed E-state index contributed by atoms with van der Waals surface area (Å²) in [6.45, 7) is 8.94. The van der Waals surface area contributed by atoms with Crippen LogP contribution in [0.5, 0.6) is 0 Å². The van der Waals surface area contributed by atoms with Crippen molar-refractivity contribution in [3.63, 3.8) is 0 Å². The molecule has 0 aliphatic carbocycles. The maximum absolute atomic E-state index is 13.6. The molecule has 158 valence electrons. The minimum atomic E-state index is -0.251. The maximum Gasteiger partial charge on any atom is 0.223 e. The Labute approximate surface area is 172 Å². The number of piperidine rings is 1. The summed E-state index contributed by atoms with van der Waals surface area (Å²) >= 11 is 0. The van der Waals surface area contributed by atoms with E-state index in [1.165, 1.54) is 12.1 Å². The average molecular weight is 402 g/mol. The van der Waals surface area contributed by atoms with Crippen molar-refractivity contribution in [1.82, 2.24) is 10.1 Å². The molecule has 5 nitrogen and oxygen atoms in total. The number of amides is 1. The number of aromatic nitrogens is 1. The number of aryl methyl sites for hydroxylation is 2. The number of nitrogens with one attached hydrogen (secondary N) is 1. The fourth-order valence-electron chi connectivity index (χ4n) is 4.34. The highest BCUT2D eigenvalue weighted by molar-refractivity contribution is 5.77. The molecule has 1 fully saturated rings. The lowest BCUT2D eigenvalue weighted by Gasteiger charge is -2.43. The van der Waals surface area contributed by atoms with Crippen LogP contribution in [0.2, 0.25) is 0 Å². The smallest absolute Gasteiger partial charge is 0.223 e. The highest BCUT2D eigenvalue weighted by atomic mass is 19.1. The predicted molar refractivity (Wildman–Crippen MR) is 112 cm³/mol. The van der Waals surface area contributed by atoms with Crippen LogP contribution in [0, 0.1) is 25.6 Å². The molecule has 1 saturated heterocycles. The van der Waals surface area contributed by atoms with Gasteiger partial charge in [0.15, 0.2) is 0 Å². The van der Waals surface area contributed by atoms with Crippen LogP contribution >= 0.6 is 0 Å². The number of benzene rings is 1. The monoisotopic (exact) mass is 401 g/mol. The third kappa shape index (κ3) is 5.37. The summed E-state index contributed by atoms with van der Waals surface area (Å²) in [5, 5.41) is 7.48. The molecule has 1 aromatic heterocycles. The lowest BCUT2D eigenvalue weighted by Crippen LogP contribution is -2.54. The number of rotatable bonds is 7. The van der Waals surface area contributed by atoms with Gasteiger partial charge in [-0.15, -0.1) is 0 Å². The van der Waals surface area contributed by atoms with Crippen molar-refractivity contribution in [2.24, 2.45) is 5.92 Å². The van der Waals surface area contributed by atoms with Gasteiger partial charge in [0, 0.05) is 30.3 Å². The summed E-state index contributed by atoms with van der Waals surface area (Å²) < 4.78 is 18.8. The largest absolute Gasteiger partial charge is 0.380 e. The van der Waals surface area contributed by atoms with E-state index in [0.29, 0.717) is 18.8 Å². The number of halogens is 1. The van der Waals surface area contributed by atoms with Gasteiger partial charge in [0.2, 0.25) is 5.91 Å². The second-order valence-corrected chi connectivity index (χ2v) is 8.49. The highest BCUT2D eigenvalue weighted by Gasteiger charge is 2.34. The van der Waals surface area contributed by atoms with Crippen molar-refractivity contribution in [3.8, 4) is 0 Å². The van der Waals surface area contributed by atoms with Gasteiger partial charge in [0.05, 0.1) is 11.7 Å². The Bertz CT molecular complexity index is 814. The van der Waals surface area contributed by atoms with Gasteiger partial charge < -0.3 is 14.7 Å². The standard InChI is InChI=1S/C23H32FN3O2/c1-15(2)13-22-21(25-19-8-5-7-18(24)14-19)9-6-12-27(22)23(28)11-10-20-16(3)26-29-17(20)4/h5,7-8,14-15,21-22,25H,6,9-13H2,1-4H3/t21-,22-/m1/s1. The molecule has 2 aromatic rings. The molecule has 0 spiro atoms. The van der Waals surface area contributed by atoms with Crippen LogP contribution in [0.25, 0.3) is 0 Å². The zero-order valence-corrected chi connectivity index (χ0v) is 17.9. The van der Waals surface area contributed by atoms with Gasteiger partial charge in [-0.2, -0.15) is 0 Å². The van der Waals surface area contributed by atoms with Gasteiger partial charge in [-0.1, -0.05) is 25.1 Å². The summed E-state index contributed by atoms with van der Waals surface area (Å²) in [6.07, 6.45) is 3.93. The first-order valence-corrected chi connectivity index (χ1v) is 10.6. The molecule has 1 amide bonds. The van der Waals surface area contributed by atoms with E-state index in [9.17, 15) is 9.18 Å². The van der Waals surface area contributed by atoms with Gasteiger partial charge in [-0.25, -0.2) is 4.39 Å². The molecule has 0 radical (unpaired) electrons. The van der Waals surface area contributed by atoms with Gasteiger partial charge >= 0.3 is 0 Å². The van der Waals surface area contributed by atoms with Crippen LogP contribution in [-0.4, -0.2) is 34.6 Å². The second kappa shape index (κ2) is 9.42. The molecule has 6 heteroatoms. The second-order valence-electron chi connectivity index (χ2n) is 8.49. The predicted octanol–water partition coefficient (Wildman–Crippen LogP) is 4.88. The zero-order valence-electron chi connectivity index (χ0n) is 17.9. The molecular weight excluding hydrogens is 369 g/mol. The number of hydrogen-bond acceptors (Lipinski definition) is 4. The van der Waals surface area contributed by atoms with Crippen LogP contribution in [-0.2, 0) is 11.2 Å². The summed E-state index contributed by atoms with van der Waals surface area (Å²) in [4.78, 5) is 15.2. The molecular formula is C23H32FN3O2. The van der Waals surface area contributed by atoms with E-state index in [4.69, 9.17) is 4.52 Å². The summed E-state index contributed by atoms with van der Waals surface area (Å²) in [7, 11) is 0. The first-order valence-electron chi connectivity index (χ1n) is 10.6. The van der Waals surface area contributed by atoms with E-state index in [1.54, 1.807) is 6.07 Å². The fourth-order valence-corrected chi connectivity index (χ4v) is 4.34. The molecule has 2 atom stereocenters. The van der Waals surface area contributed by atoms with E-state index < -0.39 is 0 Å². The maximum atomic E-state index is 13.6. The Morgan fingerprint density at radius 3 is 2.83 bits per heavy atom. The molecule has 0 unspecified atom stereocenters. The quantitative estimate of drug-likeness (QED) is 0.718. The van der Waals surface area contributed by atoms with E-state index in [1.807, 2.05) is 24.8 Å². The summed E-state index contributed by atoms with van der Waals surface area (Å²) in [5.74, 6) is 1.17. The third-order valence-corrected chi connectivity index (χ3v) is 5.76. The molecule has 2 heterocycles. The Hall–Kier alpha value is -2.37. The topological polar surface area (TPSA) is 58.4 Å². The molecule has 1 aliphatic rings. The number of carbonyl (C=O) groups excluding carboxylic acids is 1. The van der Waals surface area contributed by atoms with Crippen molar-refractivity contribution < 1.29 is 13.7 Å². The minimum Gasteiger partial charge on any atom is -0.380 e. The summed E-state index contributed by atoms with van der Waals surface area (Å²) in [5.41, 5.74) is 2.66. The molecule has 0 saturated carbocycles. The molecule has 0 bridgehead atoms. The molecule has 1 aromatic carbocycles. The Kier molecular flexibility index (Phi) is 6.93. The Balaban J connectivity index is 1.72. The van der Waals surface area contributed by atoms with E-state index in [0.717, 1.165) is 48.5 Å². The van der Waals surface area contributed by atoms with Gasteiger partial charge in [0.1, 0.15) is 11.6 Å². The first kappa shape index (κ1) is 21.3. The number of likely N-dealkylation sites (tertiary alicyclic amines) is 1. The molecule has 1 aliphatic heterocycles. The molecule has 29 heavy (non-hydrogen) atoms. The molecule has 1 N–H and O–H groups in total. The van der Waals surface area contributed by atoms with Crippen LogP contribution in [0.1, 0.15) is 56.5 Å².